The molecular formula is C13H8ClN3O2. The standard InChI is InChI=1S/C13H8ClN3O2/c14-8-3-1-7(2-4-8)11-9(5-15)12(18)17-13(19)10(11)6-16/h1-4,9-11H,(H,17,18,19). The number of amides is 2. The van der Waals surface area contributed by atoms with Gasteiger partial charge in [-0.25, -0.2) is 0 Å². The van der Waals surface area contributed by atoms with Gasteiger partial charge in [-0.3, -0.25) is 14.9 Å². The molecule has 1 N–H and O–H groups in total. The zero-order valence-corrected chi connectivity index (χ0v) is 10.4. The Kier molecular flexibility index (Phi) is 3.50. The van der Waals surface area contributed by atoms with Crippen LogP contribution >= 0.6 is 11.6 Å². The zero-order chi connectivity index (χ0) is 14.0. The van der Waals surface area contributed by atoms with Crippen molar-refractivity contribution in [1.82, 2.24) is 5.32 Å². The highest BCUT2D eigenvalue weighted by Gasteiger charge is 2.45. The minimum absolute atomic E-state index is 0.498. The summed E-state index contributed by atoms with van der Waals surface area (Å²) >= 11 is 5.77. The summed E-state index contributed by atoms with van der Waals surface area (Å²) in [5, 5.41) is 20.7. The fourth-order valence-corrected chi connectivity index (χ4v) is 2.27. The molecule has 2 atom stereocenters. The van der Waals surface area contributed by atoms with Crippen LogP contribution in [0.4, 0.5) is 0 Å². The summed E-state index contributed by atoms with van der Waals surface area (Å²) in [5.74, 6) is -4.24. The Labute approximate surface area is 114 Å². The summed E-state index contributed by atoms with van der Waals surface area (Å²) in [5.41, 5.74) is 0.575. The third-order valence-electron chi connectivity index (χ3n) is 3.06. The number of carbonyl (C=O) groups is 2. The van der Waals surface area contributed by atoms with Crippen LogP contribution in [0.15, 0.2) is 24.3 Å². The van der Waals surface area contributed by atoms with Crippen LogP contribution in [0.25, 0.3) is 0 Å². The number of halogens is 1. The van der Waals surface area contributed by atoms with E-state index in [9.17, 15) is 9.59 Å². The fraction of sp³-hybridized carbons (Fsp3) is 0.231. The fourth-order valence-electron chi connectivity index (χ4n) is 2.14. The SMILES string of the molecule is N#CC1C(=O)NC(=O)C(C#N)C1c1ccc(Cl)cc1. The molecule has 0 spiro atoms. The van der Waals surface area contributed by atoms with Crippen molar-refractivity contribution in [1.29, 1.82) is 10.5 Å². The van der Waals surface area contributed by atoms with Gasteiger partial charge in [0.25, 0.3) is 0 Å². The molecule has 1 fully saturated rings. The number of carbonyl (C=O) groups excluding carboxylic acids is 2. The quantitative estimate of drug-likeness (QED) is 0.782. The van der Waals surface area contributed by atoms with Crippen LogP contribution in [-0.4, -0.2) is 11.8 Å². The molecule has 5 nitrogen and oxygen atoms in total. The Balaban J connectivity index is 2.50. The van der Waals surface area contributed by atoms with Crippen molar-refractivity contribution in [3.63, 3.8) is 0 Å². The number of benzene rings is 1. The predicted octanol–water partition coefficient (Wildman–Crippen LogP) is 1.36. The number of nitriles is 2. The number of piperidine rings is 1. The average Bonchev–Trinajstić information content (AvgIpc) is 2.39. The molecule has 0 radical (unpaired) electrons. The molecule has 19 heavy (non-hydrogen) atoms. The predicted molar refractivity (Wildman–Crippen MR) is 65.5 cm³/mol. The molecule has 1 aromatic rings. The van der Waals surface area contributed by atoms with Crippen LogP contribution in [0.3, 0.4) is 0 Å². The lowest BCUT2D eigenvalue weighted by Crippen LogP contribution is -2.49. The summed E-state index contributed by atoms with van der Waals surface area (Å²) in [6, 6.07) is 10.1. The first-order valence-electron chi connectivity index (χ1n) is 5.48. The van der Waals surface area contributed by atoms with Crippen LogP contribution in [-0.2, 0) is 9.59 Å². The maximum atomic E-state index is 11.7. The van der Waals surface area contributed by atoms with Crippen LogP contribution < -0.4 is 5.32 Å². The Morgan fingerprint density at radius 2 is 1.47 bits per heavy atom. The number of hydrogen-bond acceptors (Lipinski definition) is 4. The van der Waals surface area contributed by atoms with Crippen LogP contribution in [0.2, 0.25) is 5.02 Å². The number of rotatable bonds is 1. The van der Waals surface area contributed by atoms with E-state index in [1.165, 1.54) is 0 Å². The van der Waals surface area contributed by atoms with E-state index in [4.69, 9.17) is 22.1 Å². The number of nitrogens with zero attached hydrogens (tertiary/aromatic N) is 2. The third-order valence-corrected chi connectivity index (χ3v) is 3.31. The van der Waals surface area contributed by atoms with Crippen molar-refractivity contribution in [3.8, 4) is 12.1 Å². The highest BCUT2D eigenvalue weighted by atomic mass is 35.5. The summed E-state index contributed by atoms with van der Waals surface area (Å²) in [6.07, 6.45) is 0. The molecule has 94 valence electrons. The first-order valence-corrected chi connectivity index (χ1v) is 5.85. The maximum Gasteiger partial charge on any atom is 0.244 e. The van der Waals surface area contributed by atoms with Gasteiger partial charge in [-0.05, 0) is 17.7 Å². The Morgan fingerprint density at radius 1 is 1.00 bits per heavy atom. The van der Waals surface area contributed by atoms with Gasteiger partial charge < -0.3 is 0 Å². The summed E-state index contributed by atoms with van der Waals surface area (Å²) in [4.78, 5) is 23.3. The molecule has 1 aliphatic rings. The Bertz CT molecular complexity index is 580. The number of nitrogens with one attached hydrogen (secondary N) is 1. The van der Waals surface area contributed by atoms with Crippen molar-refractivity contribution in [2.75, 3.05) is 0 Å². The van der Waals surface area contributed by atoms with Gasteiger partial charge in [0.05, 0.1) is 12.1 Å². The van der Waals surface area contributed by atoms with E-state index in [1.54, 1.807) is 24.3 Å². The smallest absolute Gasteiger partial charge is 0.244 e. The van der Waals surface area contributed by atoms with Crippen molar-refractivity contribution in [2.45, 2.75) is 5.92 Å². The minimum atomic E-state index is -1.07. The van der Waals surface area contributed by atoms with E-state index in [2.05, 4.69) is 0 Å². The highest BCUT2D eigenvalue weighted by Crippen LogP contribution is 2.35. The van der Waals surface area contributed by atoms with E-state index in [0.717, 1.165) is 0 Å². The van der Waals surface area contributed by atoms with E-state index in [1.807, 2.05) is 17.5 Å². The van der Waals surface area contributed by atoms with Crippen molar-refractivity contribution in [3.05, 3.63) is 34.9 Å². The minimum Gasteiger partial charge on any atom is -0.294 e. The van der Waals surface area contributed by atoms with Gasteiger partial charge in [-0.1, -0.05) is 23.7 Å². The van der Waals surface area contributed by atoms with Crippen molar-refractivity contribution >= 4 is 23.4 Å². The number of imide groups is 1. The average molecular weight is 274 g/mol. The molecule has 2 unspecified atom stereocenters. The lowest BCUT2D eigenvalue weighted by atomic mass is 9.74. The van der Waals surface area contributed by atoms with Gasteiger partial charge >= 0.3 is 0 Å². The maximum absolute atomic E-state index is 11.7. The van der Waals surface area contributed by atoms with Gasteiger partial charge in [-0.2, -0.15) is 10.5 Å². The molecule has 2 rings (SSSR count). The lowest BCUT2D eigenvalue weighted by Gasteiger charge is -2.29. The van der Waals surface area contributed by atoms with Gasteiger partial charge in [0.2, 0.25) is 11.8 Å². The van der Waals surface area contributed by atoms with Crippen LogP contribution in [0.5, 0.6) is 0 Å². The Morgan fingerprint density at radius 3 is 1.89 bits per heavy atom. The summed E-state index contributed by atoms with van der Waals surface area (Å²) in [6.45, 7) is 0. The van der Waals surface area contributed by atoms with E-state index in [0.29, 0.717) is 10.6 Å². The first-order chi connectivity index (χ1) is 9.08. The normalized spacial score (nSPS) is 26.2. The summed E-state index contributed by atoms with van der Waals surface area (Å²) in [7, 11) is 0. The van der Waals surface area contributed by atoms with E-state index < -0.39 is 29.6 Å². The number of hydrogen-bond donors (Lipinski definition) is 1. The summed E-state index contributed by atoms with van der Waals surface area (Å²) < 4.78 is 0. The van der Waals surface area contributed by atoms with Crippen LogP contribution in [0, 0.1) is 34.5 Å². The van der Waals surface area contributed by atoms with Gasteiger partial charge in [0, 0.05) is 10.9 Å². The second kappa shape index (κ2) is 5.09. The molecule has 1 aliphatic heterocycles. The van der Waals surface area contributed by atoms with E-state index >= 15 is 0 Å². The van der Waals surface area contributed by atoms with Gasteiger partial charge in [-0.15, -0.1) is 0 Å². The molecule has 1 aromatic carbocycles. The van der Waals surface area contributed by atoms with Gasteiger partial charge in [0.15, 0.2) is 0 Å². The van der Waals surface area contributed by atoms with E-state index in [-0.39, 0.29) is 0 Å². The van der Waals surface area contributed by atoms with Crippen LogP contribution in [0.1, 0.15) is 11.5 Å². The molecular weight excluding hydrogens is 266 g/mol. The molecule has 2 amide bonds. The topological polar surface area (TPSA) is 93.8 Å². The second-order valence-corrected chi connectivity index (χ2v) is 4.58. The second-order valence-electron chi connectivity index (χ2n) is 4.14. The molecule has 0 aromatic heterocycles. The lowest BCUT2D eigenvalue weighted by molar-refractivity contribution is -0.137. The molecule has 0 aliphatic carbocycles. The largest absolute Gasteiger partial charge is 0.294 e. The third kappa shape index (κ3) is 2.29. The molecule has 1 saturated heterocycles. The van der Waals surface area contributed by atoms with Gasteiger partial charge in [0.1, 0.15) is 11.8 Å². The van der Waals surface area contributed by atoms with Crippen molar-refractivity contribution in [2.24, 2.45) is 11.8 Å². The monoisotopic (exact) mass is 273 g/mol. The zero-order valence-electron chi connectivity index (χ0n) is 9.63. The van der Waals surface area contributed by atoms with Crippen molar-refractivity contribution < 1.29 is 9.59 Å². The Hall–Kier alpha value is -2.37. The molecule has 1 heterocycles. The molecule has 0 bridgehead atoms. The molecule has 0 saturated carbocycles. The highest BCUT2D eigenvalue weighted by molar-refractivity contribution is 6.30. The molecule has 6 heteroatoms. The first kappa shape index (κ1) is 13.1.